The van der Waals surface area contributed by atoms with Crippen molar-refractivity contribution in [3.63, 3.8) is 0 Å². The molecule has 0 saturated heterocycles. The van der Waals surface area contributed by atoms with E-state index in [-0.39, 0.29) is 0 Å². The Balaban J connectivity index is 2.83. The first-order valence-corrected chi connectivity index (χ1v) is 6.01. The largest absolute Gasteiger partial charge is 0.245 e. The fraction of sp³-hybridized carbons (Fsp3) is 0.200. The highest BCUT2D eigenvalue weighted by atomic mass is 32.2. The van der Waals surface area contributed by atoms with E-state index in [4.69, 9.17) is 0 Å². The number of fused-ring (bicyclic) bond motifs is 1. The molecule has 1 atom stereocenters. The van der Waals surface area contributed by atoms with Gasteiger partial charge in [-0.15, -0.1) is 0 Å². The minimum atomic E-state index is -2.18. The van der Waals surface area contributed by atoms with E-state index in [1.807, 2.05) is 37.3 Å². The lowest BCUT2D eigenvalue weighted by Gasteiger charge is -2.13. The molecule has 1 aliphatic rings. The van der Waals surface area contributed by atoms with Gasteiger partial charge in [0.15, 0.2) is 0 Å². The van der Waals surface area contributed by atoms with E-state index in [0.29, 0.717) is 0 Å². The van der Waals surface area contributed by atoms with Crippen LogP contribution in [-0.2, 0) is 9.73 Å². The van der Waals surface area contributed by atoms with Gasteiger partial charge in [0, 0.05) is 12.0 Å². The number of hydrogen-bond donors (Lipinski definition) is 0. The molecule has 0 N–H and O–H groups in total. The first-order valence-electron chi connectivity index (χ1n) is 4.09. The minimum absolute atomic E-state index is 0.839. The van der Waals surface area contributed by atoms with E-state index < -0.39 is 9.73 Å². The molecule has 68 valence electrons. The van der Waals surface area contributed by atoms with E-state index >= 15 is 0 Å². The van der Waals surface area contributed by atoms with Crippen molar-refractivity contribution in [1.29, 1.82) is 0 Å². The van der Waals surface area contributed by atoms with Crippen LogP contribution in [0.25, 0.3) is 6.08 Å². The molecule has 2 rings (SSSR count). The van der Waals surface area contributed by atoms with Crippen LogP contribution in [0.15, 0.2) is 39.2 Å². The van der Waals surface area contributed by atoms with Crippen molar-refractivity contribution >= 4 is 15.8 Å². The molecule has 1 heterocycles. The Morgan fingerprint density at radius 3 is 2.77 bits per heavy atom. The summed E-state index contributed by atoms with van der Waals surface area (Å²) in [7, 11) is -2.18. The Morgan fingerprint density at radius 2 is 2.00 bits per heavy atom. The molecule has 0 spiro atoms. The quantitative estimate of drug-likeness (QED) is 0.622. The number of benzene rings is 1. The van der Waals surface area contributed by atoms with Crippen molar-refractivity contribution in [1.82, 2.24) is 0 Å². The lowest BCUT2D eigenvalue weighted by molar-refractivity contribution is 0.679. The van der Waals surface area contributed by atoms with Crippen LogP contribution in [0.4, 0.5) is 0 Å². The molecule has 1 aliphatic heterocycles. The number of hydrogen-bond acceptors (Lipinski definition) is 2. The molecule has 13 heavy (non-hydrogen) atoms. The minimum Gasteiger partial charge on any atom is -0.245 e. The normalized spacial score (nSPS) is 25.8. The SMILES string of the molecule is CC1=Cc2ccccc2[S@](C)(=O)=N1. The molecule has 1 aromatic rings. The summed E-state index contributed by atoms with van der Waals surface area (Å²) in [4.78, 5) is 0.848. The fourth-order valence-corrected chi connectivity index (χ4v) is 3.12. The van der Waals surface area contributed by atoms with E-state index in [0.717, 1.165) is 16.2 Å². The summed E-state index contributed by atoms with van der Waals surface area (Å²) in [5.74, 6) is 0. The maximum atomic E-state index is 12.0. The second kappa shape index (κ2) is 2.70. The molecule has 0 amide bonds. The van der Waals surface area contributed by atoms with Gasteiger partial charge in [-0.25, -0.2) is 8.57 Å². The molecular weight excluding hydrogens is 182 g/mol. The van der Waals surface area contributed by atoms with Crippen LogP contribution < -0.4 is 0 Å². The Hall–Kier alpha value is -1.09. The fourth-order valence-electron chi connectivity index (χ4n) is 1.52. The highest BCUT2D eigenvalue weighted by molar-refractivity contribution is 7.93. The third-order valence-electron chi connectivity index (χ3n) is 2.01. The lowest BCUT2D eigenvalue weighted by Crippen LogP contribution is -2.03. The van der Waals surface area contributed by atoms with Crippen LogP contribution >= 0.6 is 0 Å². The Morgan fingerprint density at radius 1 is 1.31 bits per heavy atom. The first-order chi connectivity index (χ1) is 6.09. The van der Waals surface area contributed by atoms with Crippen LogP contribution in [0.1, 0.15) is 12.5 Å². The monoisotopic (exact) mass is 193 g/mol. The zero-order chi connectivity index (χ0) is 9.47. The average molecular weight is 193 g/mol. The van der Waals surface area contributed by atoms with Crippen LogP contribution in [0, 0.1) is 0 Å². The maximum absolute atomic E-state index is 12.0. The predicted molar refractivity (Wildman–Crippen MR) is 54.9 cm³/mol. The van der Waals surface area contributed by atoms with E-state index in [1.165, 1.54) is 0 Å². The average Bonchev–Trinajstić information content (AvgIpc) is 2.02. The highest BCUT2D eigenvalue weighted by Gasteiger charge is 2.13. The molecule has 0 aliphatic carbocycles. The molecule has 0 unspecified atom stereocenters. The van der Waals surface area contributed by atoms with Gasteiger partial charge in [0.05, 0.1) is 14.6 Å². The van der Waals surface area contributed by atoms with E-state index in [1.54, 1.807) is 6.26 Å². The molecule has 0 radical (unpaired) electrons. The van der Waals surface area contributed by atoms with Crippen molar-refractivity contribution in [2.75, 3.05) is 6.26 Å². The molecule has 0 saturated carbocycles. The summed E-state index contributed by atoms with van der Waals surface area (Å²) in [5, 5.41) is 0. The first kappa shape index (κ1) is 8.51. The second-order valence-electron chi connectivity index (χ2n) is 3.22. The van der Waals surface area contributed by atoms with Crippen molar-refractivity contribution in [2.24, 2.45) is 4.36 Å². The summed E-state index contributed by atoms with van der Waals surface area (Å²) < 4.78 is 16.2. The summed E-state index contributed by atoms with van der Waals surface area (Å²) in [6, 6.07) is 7.69. The van der Waals surface area contributed by atoms with Gasteiger partial charge in [-0.2, -0.15) is 0 Å². The van der Waals surface area contributed by atoms with Gasteiger partial charge >= 0.3 is 0 Å². The van der Waals surface area contributed by atoms with Gasteiger partial charge in [0.2, 0.25) is 0 Å². The zero-order valence-electron chi connectivity index (χ0n) is 7.65. The van der Waals surface area contributed by atoms with Crippen molar-refractivity contribution in [3.8, 4) is 0 Å². The molecule has 0 bridgehead atoms. The van der Waals surface area contributed by atoms with Crippen LogP contribution in [0.5, 0.6) is 0 Å². The Kier molecular flexibility index (Phi) is 1.77. The third kappa shape index (κ3) is 1.40. The highest BCUT2D eigenvalue weighted by Crippen LogP contribution is 2.25. The van der Waals surface area contributed by atoms with Gasteiger partial charge in [-0.1, -0.05) is 18.2 Å². The standard InChI is InChI=1S/C10H11NOS/c1-8-7-9-5-3-4-6-10(9)13(2,12)11-8/h3-7H,1-2H3/t13-/m0/s1. The molecule has 2 nitrogen and oxygen atoms in total. The van der Waals surface area contributed by atoms with Gasteiger partial charge < -0.3 is 0 Å². The summed E-state index contributed by atoms with van der Waals surface area (Å²) in [6.45, 7) is 1.87. The van der Waals surface area contributed by atoms with E-state index in [2.05, 4.69) is 4.36 Å². The zero-order valence-corrected chi connectivity index (χ0v) is 8.47. The molecule has 0 aromatic heterocycles. The molecular formula is C10H11NOS. The van der Waals surface area contributed by atoms with E-state index in [9.17, 15) is 4.21 Å². The maximum Gasteiger partial charge on any atom is 0.0774 e. The van der Waals surface area contributed by atoms with Crippen molar-refractivity contribution in [2.45, 2.75) is 11.8 Å². The van der Waals surface area contributed by atoms with Crippen LogP contribution in [-0.4, -0.2) is 10.5 Å². The van der Waals surface area contributed by atoms with Gasteiger partial charge in [0.25, 0.3) is 0 Å². The number of nitrogens with zero attached hydrogens (tertiary/aromatic N) is 1. The van der Waals surface area contributed by atoms with Crippen molar-refractivity contribution in [3.05, 3.63) is 35.5 Å². The van der Waals surface area contributed by atoms with Gasteiger partial charge in [-0.3, -0.25) is 0 Å². The predicted octanol–water partition coefficient (Wildman–Crippen LogP) is 2.52. The number of rotatable bonds is 0. The topological polar surface area (TPSA) is 29.4 Å². The summed E-state index contributed by atoms with van der Waals surface area (Å²) >= 11 is 0. The second-order valence-corrected chi connectivity index (χ2v) is 5.44. The third-order valence-corrected chi connectivity index (χ3v) is 3.83. The van der Waals surface area contributed by atoms with Gasteiger partial charge in [0.1, 0.15) is 0 Å². The molecule has 0 fully saturated rings. The van der Waals surface area contributed by atoms with Crippen molar-refractivity contribution < 1.29 is 4.21 Å². The summed E-state index contributed by atoms with van der Waals surface area (Å²) in [5.41, 5.74) is 1.87. The van der Waals surface area contributed by atoms with Gasteiger partial charge in [-0.05, 0) is 24.6 Å². The Bertz CT molecular complexity index is 493. The Labute approximate surface area is 78.5 Å². The van der Waals surface area contributed by atoms with Crippen LogP contribution in [0.3, 0.4) is 0 Å². The molecule has 3 heteroatoms. The lowest BCUT2D eigenvalue weighted by atomic mass is 10.2. The molecule has 1 aromatic carbocycles. The number of allylic oxidation sites excluding steroid dienone is 1. The summed E-state index contributed by atoms with van der Waals surface area (Å²) in [6.07, 6.45) is 3.64. The van der Waals surface area contributed by atoms with Crippen LogP contribution in [0.2, 0.25) is 0 Å². The smallest absolute Gasteiger partial charge is 0.0774 e.